The van der Waals surface area contributed by atoms with Crippen LogP contribution in [0.5, 0.6) is 5.75 Å². The molecule has 1 heterocycles. The standard InChI is InChI=1S/C10H12FN5O3S/c1-19-10-7(11)2-6(3-8(10)12)20(17,18)15-4-9-13-5-14-16-9/h2-3,5,15H,4,12H2,1H3,(H,13,14,16). The highest BCUT2D eigenvalue weighted by atomic mass is 32.2. The van der Waals surface area contributed by atoms with Gasteiger partial charge in [0.25, 0.3) is 0 Å². The quantitative estimate of drug-likeness (QED) is 0.669. The lowest BCUT2D eigenvalue weighted by atomic mass is 10.3. The van der Waals surface area contributed by atoms with Crippen molar-refractivity contribution in [1.82, 2.24) is 19.9 Å². The van der Waals surface area contributed by atoms with E-state index in [1.807, 2.05) is 0 Å². The molecule has 0 saturated carbocycles. The molecule has 0 saturated heterocycles. The topological polar surface area (TPSA) is 123 Å². The van der Waals surface area contributed by atoms with E-state index in [4.69, 9.17) is 10.5 Å². The predicted molar refractivity (Wildman–Crippen MR) is 67.8 cm³/mol. The molecule has 0 spiro atoms. The van der Waals surface area contributed by atoms with Gasteiger partial charge < -0.3 is 10.5 Å². The number of halogens is 1. The van der Waals surface area contributed by atoms with Crippen molar-refractivity contribution in [2.75, 3.05) is 12.8 Å². The molecule has 20 heavy (non-hydrogen) atoms. The number of hydrogen-bond donors (Lipinski definition) is 3. The molecule has 0 aliphatic rings. The summed E-state index contributed by atoms with van der Waals surface area (Å²) in [6.45, 7) is -0.101. The number of anilines is 1. The second-order valence-electron chi connectivity index (χ2n) is 3.78. The Morgan fingerprint density at radius 3 is 2.80 bits per heavy atom. The van der Waals surface area contributed by atoms with Crippen LogP contribution in [0.4, 0.5) is 10.1 Å². The molecule has 0 radical (unpaired) electrons. The Balaban J connectivity index is 2.25. The first-order valence-electron chi connectivity index (χ1n) is 5.41. The van der Waals surface area contributed by atoms with E-state index >= 15 is 0 Å². The molecular formula is C10H12FN5O3S. The highest BCUT2D eigenvalue weighted by Crippen LogP contribution is 2.28. The molecule has 2 rings (SSSR count). The minimum Gasteiger partial charge on any atom is -0.492 e. The van der Waals surface area contributed by atoms with Gasteiger partial charge in [0, 0.05) is 0 Å². The highest BCUT2D eigenvalue weighted by molar-refractivity contribution is 7.89. The van der Waals surface area contributed by atoms with Crippen molar-refractivity contribution >= 4 is 15.7 Å². The van der Waals surface area contributed by atoms with Crippen molar-refractivity contribution in [2.24, 2.45) is 0 Å². The number of hydrogen-bond acceptors (Lipinski definition) is 6. The maximum absolute atomic E-state index is 13.6. The van der Waals surface area contributed by atoms with Gasteiger partial charge in [-0.15, -0.1) is 0 Å². The number of aromatic amines is 1. The summed E-state index contributed by atoms with van der Waals surface area (Å²) in [7, 11) is -2.68. The number of nitrogens with zero attached hydrogens (tertiary/aromatic N) is 2. The predicted octanol–water partition coefficient (Wildman–Crippen LogP) is 0.0131. The fraction of sp³-hybridized carbons (Fsp3) is 0.200. The van der Waals surface area contributed by atoms with E-state index in [1.54, 1.807) is 0 Å². The number of nitrogens with one attached hydrogen (secondary N) is 2. The Kier molecular flexibility index (Phi) is 3.86. The van der Waals surface area contributed by atoms with Gasteiger partial charge in [-0.3, -0.25) is 5.10 Å². The Hall–Kier alpha value is -2.20. The molecule has 2 aromatic rings. The number of aromatic nitrogens is 3. The summed E-state index contributed by atoms with van der Waals surface area (Å²) in [5.41, 5.74) is 5.43. The monoisotopic (exact) mass is 301 g/mol. The minimum absolute atomic E-state index is 0.101. The molecule has 8 nitrogen and oxygen atoms in total. The molecule has 0 aliphatic carbocycles. The van der Waals surface area contributed by atoms with Crippen LogP contribution in [0.15, 0.2) is 23.4 Å². The van der Waals surface area contributed by atoms with Gasteiger partial charge in [0.2, 0.25) is 10.0 Å². The first-order valence-corrected chi connectivity index (χ1v) is 6.89. The third-order valence-electron chi connectivity index (χ3n) is 2.45. The van der Waals surface area contributed by atoms with Crippen LogP contribution in [0, 0.1) is 5.82 Å². The van der Waals surface area contributed by atoms with Gasteiger partial charge in [-0.1, -0.05) is 0 Å². The average Bonchev–Trinajstić information content (AvgIpc) is 2.89. The van der Waals surface area contributed by atoms with Crippen LogP contribution in [0.25, 0.3) is 0 Å². The molecular weight excluding hydrogens is 289 g/mol. The van der Waals surface area contributed by atoms with Crippen LogP contribution >= 0.6 is 0 Å². The molecule has 1 aromatic carbocycles. The molecule has 108 valence electrons. The number of nitrogens with two attached hydrogens (primary N) is 1. The van der Waals surface area contributed by atoms with E-state index in [0.717, 1.165) is 12.1 Å². The second-order valence-corrected chi connectivity index (χ2v) is 5.55. The van der Waals surface area contributed by atoms with E-state index in [1.165, 1.54) is 13.4 Å². The number of ether oxygens (including phenoxy) is 1. The minimum atomic E-state index is -3.92. The zero-order valence-electron chi connectivity index (χ0n) is 10.4. The number of methoxy groups -OCH3 is 1. The van der Waals surface area contributed by atoms with E-state index in [0.29, 0.717) is 5.82 Å². The molecule has 0 aliphatic heterocycles. The molecule has 0 unspecified atom stereocenters. The zero-order chi connectivity index (χ0) is 14.8. The van der Waals surface area contributed by atoms with Gasteiger partial charge in [-0.2, -0.15) is 5.10 Å². The van der Waals surface area contributed by atoms with Crippen molar-refractivity contribution in [2.45, 2.75) is 11.4 Å². The Bertz CT molecular complexity index is 679. The van der Waals surface area contributed by atoms with E-state index in [9.17, 15) is 12.8 Å². The van der Waals surface area contributed by atoms with Gasteiger partial charge >= 0.3 is 0 Å². The normalized spacial score (nSPS) is 11.5. The lowest BCUT2D eigenvalue weighted by molar-refractivity contribution is 0.388. The third-order valence-corrected chi connectivity index (χ3v) is 3.84. The lowest BCUT2D eigenvalue weighted by Gasteiger charge is -2.10. The maximum atomic E-state index is 13.6. The zero-order valence-corrected chi connectivity index (χ0v) is 11.2. The summed E-state index contributed by atoms with van der Waals surface area (Å²) in [6.07, 6.45) is 1.24. The number of nitrogen functional groups attached to an aromatic ring is 1. The Morgan fingerprint density at radius 1 is 1.50 bits per heavy atom. The van der Waals surface area contributed by atoms with Crippen molar-refractivity contribution in [3.63, 3.8) is 0 Å². The number of H-pyrrole nitrogens is 1. The fourth-order valence-corrected chi connectivity index (χ4v) is 2.56. The maximum Gasteiger partial charge on any atom is 0.241 e. The van der Waals surface area contributed by atoms with Crippen molar-refractivity contribution in [3.8, 4) is 5.75 Å². The number of benzene rings is 1. The molecule has 4 N–H and O–H groups in total. The molecule has 0 fully saturated rings. The summed E-state index contributed by atoms with van der Waals surface area (Å²) >= 11 is 0. The summed E-state index contributed by atoms with van der Waals surface area (Å²) in [5, 5.41) is 6.07. The SMILES string of the molecule is COc1c(N)cc(S(=O)(=O)NCc2ncn[nH]2)cc1F. The van der Waals surface area contributed by atoms with Crippen LogP contribution in [0.1, 0.15) is 5.82 Å². The van der Waals surface area contributed by atoms with Crippen molar-refractivity contribution < 1.29 is 17.5 Å². The lowest BCUT2D eigenvalue weighted by Crippen LogP contribution is -2.24. The second kappa shape index (κ2) is 5.43. The van der Waals surface area contributed by atoms with Crippen LogP contribution in [0.2, 0.25) is 0 Å². The Morgan fingerprint density at radius 2 is 2.25 bits per heavy atom. The first kappa shape index (κ1) is 14.2. The van der Waals surface area contributed by atoms with Gasteiger partial charge in [0.15, 0.2) is 11.6 Å². The van der Waals surface area contributed by atoms with Crippen molar-refractivity contribution in [1.29, 1.82) is 0 Å². The number of sulfonamides is 1. The van der Waals surface area contributed by atoms with Crippen LogP contribution in [0.3, 0.4) is 0 Å². The molecule has 0 atom stereocenters. The molecule has 0 amide bonds. The number of rotatable bonds is 5. The van der Waals surface area contributed by atoms with Crippen LogP contribution < -0.4 is 15.2 Å². The van der Waals surface area contributed by atoms with Crippen LogP contribution in [-0.4, -0.2) is 30.7 Å². The van der Waals surface area contributed by atoms with Crippen molar-refractivity contribution in [3.05, 3.63) is 30.1 Å². The van der Waals surface area contributed by atoms with E-state index < -0.39 is 15.8 Å². The summed E-state index contributed by atoms with van der Waals surface area (Å²) in [4.78, 5) is 3.46. The molecule has 10 heteroatoms. The molecule has 0 bridgehead atoms. The third kappa shape index (κ3) is 2.86. The fourth-order valence-electron chi connectivity index (χ4n) is 1.52. The molecule has 1 aromatic heterocycles. The highest BCUT2D eigenvalue weighted by Gasteiger charge is 2.19. The van der Waals surface area contributed by atoms with Gasteiger partial charge in [0.05, 0.1) is 24.2 Å². The largest absolute Gasteiger partial charge is 0.492 e. The summed E-state index contributed by atoms with van der Waals surface area (Å²) < 4.78 is 44.6. The van der Waals surface area contributed by atoms with Gasteiger partial charge in [0.1, 0.15) is 12.2 Å². The van der Waals surface area contributed by atoms with E-state index in [2.05, 4.69) is 19.9 Å². The Labute approximate surface area is 114 Å². The van der Waals surface area contributed by atoms with Gasteiger partial charge in [-0.05, 0) is 12.1 Å². The summed E-state index contributed by atoms with van der Waals surface area (Å²) in [5.74, 6) is -0.720. The van der Waals surface area contributed by atoms with Crippen LogP contribution in [-0.2, 0) is 16.6 Å². The van der Waals surface area contributed by atoms with E-state index in [-0.39, 0.29) is 22.9 Å². The van der Waals surface area contributed by atoms with Gasteiger partial charge in [-0.25, -0.2) is 22.5 Å². The smallest absolute Gasteiger partial charge is 0.241 e. The summed E-state index contributed by atoms with van der Waals surface area (Å²) in [6, 6.07) is 1.95. The average molecular weight is 301 g/mol. The first-order chi connectivity index (χ1) is 9.44.